The van der Waals surface area contributed by atoms with Crippen LogP contribution in [0.15, 0.2) is 64.5 Å². The maximum atomic E-state index is 14.4. The molecule has 0 unspecified atom stereocenters. The topological polar surface area (TPSA) is 63.9 Å². The average molecular weight is 478 g/mol. The quantitative estimate of drug-likeness (QED) is 0.352. The number of esters is 1. The Morgan fingerprint density at radius 2 is 1.85 bits per heavy atom. The van der Waals surface area contributed by atoms with Gasteiger partial charge in [-0.2, -0.15) is 0 Å². The highest BCUT2D eigenvalue weighted by atomic mass is 32.2. The van der Waals surface area contributed by atoms with Crippen LogP contribution in [0.2, 0.25) is 0 Å². The number of rotatable bonds is 5. The summed E-state index contributed by atoms with van der Waals surface area (Å²) in [5.74, 6) is -0.858. The van der Waals surface area contributed by atoms with Gasteiger partial charge in [0.05, 0.1) is 28.5 Å². The normalized spacial score (nSPS) is 16.0. The number of carbonyl (C=O) groups is 2. The van der Waals surface area contributed by atoms with Crippen molar-refractivity contribution in [3.8, 4) is 5.69 Å². The summed E-state index contributed by atoms with van der Waals surface area (Å²) in [4.78, 5) is 31.3. The Kier molecular flexibility index (Phi) is 6.70. The number of amides is 1. The van der Waals surface area contributed by atoms with Crippen molar-refractivity contribution in [3.05, 3.63) is 87.8 Å². The molecule has 3 aromatic rings. The van der Waals surface area contributed by atoms with Crippen molar-refractivity contribution in [2.24, 2.45) is 4.99 Å². The Bertz CT molecular complexity index is 1330. The van der Waals surface area contributed by atoms with Gasteiger partial charge in [0.1, 0.15) is 5.82 Å². The SMILES string of the molecule is CCOC(=O)c1ccc(N=C2S/C(=C/c3cc(C)n(-c4ccccc4F)c3C)C(=O)N2C)cc1. The first kappa shape index (κ1) is 23.5. The second-order valence-corrected chi connectivity index (χ2v) is 8.76. The molecule has 0 radical (unpaired) electrons. The molecular formula is C26H24FN3O3S. The predicted octanol–water partition coefficient (Wildman–Crippen LogP) is 5.64. The van der Waals surface area contributed by atoms with E-state index in [1.807, 2.05) is 30.6 Å². The van der Waals surface area contributed by atoms with Crippen LogP contribution in [-0.2, 0) is 9.53 Å². The van der Waals surface area contributed by atoms with Crippen LogP contribution in [0.25, 0.3) is 11.8 Å². The minimum Gasteiger partial charge on any atom is -0.462 e. The van der Waals surface area contributed by atoms with Gasteiger partial charge in [0.15, 0.2) is 5.17 Å². The van der Waals surface area contributed by atoms with Crippen LogP contribution in [-0.4, -0.2) is 40.2 Å². The molecule has 6 nitrogen and oxygen atoms in total. The van der Waals surface area contributed by atoms with Crippen LogP contribution in [0.3, 0.4) is 0 Å². The van der Waals surface area contributed by atoms with Gasteiger partial charge in [-0.3, -0.25) is 9.69 Å². The Morgan fingerprint density at radius 1 is 1.15 bits per heavy atom. The minimum atomic E-state index is -0.387. The van der Waals surface area contributed by atoms with Crippen LogP contribution >= 0.6 is 11.8 Å². The Balaban J connectivity index is 1.61. The molecule has 1 aliphatic rings. The summed E-state index contributed by atoms with van der Waals surface area (Å²) < 4.78 is 21.2. The van der Waals surface area contributed by atoms with E-state index in [0.29, 0.717) is 33.6 Å². The van der Waals surface area contributed by atoms with Crippen molar-refractivity contribution in [1.82, 2.24) is 9.47 Å². The number of likely N-dealkylation sites (N-methyl/N-ethyl adjacent to an activating group) is 1. The maximum absolute atomic E-state index is 14.4. The van der Waals surface area contributed by atoms with Crippen LogP contribution in [0.5, 0.6) is 0 Å². The van der Waals surface area contributed by atoms with Crippen molar-refractivity contribution >= 4 is 40.6 Å². The number of benzene rings is 2. The first-order valence-corrected chi connectivity index (χ1v) is 11.6. The molecule has 0 aliphatic carbocycles. The summed E-state index contributed by atoms with van der Waals surface area (Å²) in [7, 11) is 1.67. The van der Waals surface area contributed by atoms with Gasteiger partial charge in [-0.05, 0) is 86.6 Å². The second kappa shape index (κ2) is 9.69. The lowest BCUT2D eigenvalue weighted by atomic mass is 10.2. The van der Waals surface area contributed by atoms with E-state index < -0.39 is 0 Å². The highest BCUT2D eigenvalue weighted by Gasteiger charge is 2.31. The lowest BCUT2D eigenvalue weighted by Gasteiger charge is -2.10. The molecule has 0 spiro atoms. The van der Waals surface area contributed by atoms with Gasteiger partial charge < -0.3 is 9.30 Å². The number of para-hydroxylation sites is 1. The number of aryl methyl sites for hydroxylation is 1. The molecule has 1 saturated heterocycles. The number of aliphatic imine (C=N–C) groups is 1. The number of nitrogens with zero attached hydrogens (tertiary/aromatic N) is 3. The molecule has 1 aliphatic heterocycles. The number of carbonyl (C=O) groups excluding carboxylic acids is 2. The number of aromatic nitrogens is 1. The van der Waals surface area contributed by atoms with Gasteiger partial charge in [-0.1, -0.05) is 12.1 Å². The molecule has 1 amide bonds. The highest BCUT2D eigenvalue weighted by molar-refractivity contribution is 8.18. The lowest BCUT2D eigenvalue weighted by molar-refractivity contribution is -0.121. The number of hydrogen-bond donors (Lipinski definition) is 0. The number of halogens is 1. The standard InChI is InChI=1S/C26H24FN3O3S/c1-5-33-25(32)18-10-12-20(13-11-18)28-26-29(4)24(31)23(34-26)15-19-14-16(2)30(17(19)3)22-9-7-6-8-21(22)27/h6-15H,5H2,1-4H3/b23-15+,28-26?. The van der Waals surface area contributed by atoms with Gasteiger partial charge >= 0.3 is 5.97 Å². The first-order valence-electron chi connectivity index (χ1n) is 10.8. The molecule has 1 fully saturated rings. The number of amidine groups is 1. The van der Waals surface area contributed by atoms with Crippen molar-refractivity contribution in [3.63, 3.8) is 0 Å². The van der Waals surface area contributed by atoms with Gasteiger partial charge in [0.2, 0.25) is 0 Å². The summed E-state index contributed by atoms with van der Waals surface area (Å²) >= 11 is 1.27. The first-order chi connectivity index (χ1) is 16.3. The summed E-state index contributed by atoms with van der Waals surface area (Å²) in [6, 6.07) is 15.3. The largest absolute Gasteiger partial charge is 0.462 e. The molecule has 0 bridgehead atoms. The Morgan fingerprint density at radius 3 is 2.53 bits per heavy atom. The Labute approximate surface area is 201 Å². The van der Waals surface area contributed by atoms with Crippen LogP contribution < -0.4 is 0 Å². The fourth-order valence-electron chi connectivity index (χ4n) is 3.73. The predicted molar refractivity (Wildman–Crippen MR) is 133 cm³/mol. The molecule has 2 heterocycles. The molecule has 2 aromatic carbocycles. The summed E-state index contributed by atoms with van der Waals surface area (Å²) in [5.41, 5.74) is 4.08. The smallest absolute Gasteiger partial charge is 0.338 e. The van der Waals surface area contributed by atoms with E-state index in [-0.39, 0.29) is 17.7 Å². The third-order valence-electron chi connectivity index (χ3n) is 5.46. The van der Waals surface area contributed by atoms with Crippen molar-refractivity contribution in [2.45, 2.75) is 20.8 Å². The number of thioether (sulfide) groups is 1. The van der Waals surface area contributed by atoms with Gasteiger partial charge in [-0.25, -0.2) is 14.2 Å². The van der Waals surface area contributed by atoms with Crippen molar-refractivity contribution in [1.29, 1.82) is 0 Å². The van der Waals surface area contributed by atoms with E-state index in [1.54, 1.807) is 56.4 Å². The molecule has 8 heteroatoms. The summed E-state index contributed by atoms with van der Waals surface area (Å²) in [6.45, 7) is 5.87. The van der Waals surface area contributed by atoms with E-state index in [4.69, 9.17) is 4.74 Å². The molecule has 1 aromatic heterocycles. The zero-order valence-electron chi connectivity index (χ0n) is 19.3. The minimum absolute atomic E-state index is 0.164. The molecule has 174 valence electrons. The van der Waals surface area contributed by atoms with Crippen LogP contribution in [0.1, 0.15) is 34.2 Å². The number of hydrogen-bond acceptors (Lipinski definition) is 5. The van der Waals surface area contributed by atoms with E-state index in [0.717, 1.165) is 17.0 Å². The van der Waals surface area contributed by atoms with Crippen LogP contribution in [0.4, 0.5) is 10.1 Å². The van der Waals surface area contributed by atoms with E-state index in [2.05, 4.69) is 4.99 Å². The summed E-state index contributed by atoms with van der Waals surface area (Å²) in [5, 5.41) is 0.531. The van der Waals surface area contributed by atoms with Gasteiger partial charge in [-0.15, -0.1) is 0 Å². The van der Waals surface area contributed by atoms with Gasteiger partial charge in [0, 0.05) is 18.4 Å². The fraction of sp³-hybridized carbons (Fsp3) is 0.192. The molecular weight excluding hydrogens is 453 g/mol. The van der Waals surface area contributed by atoms with E-state index >= 15 is 0 Å². The van der Waals surface area contributed by atoms with Gasteiger partial charge in [0.25, 0.3) is 5.91 Å². The second-order valence-electron chi connectivity index (χ2n) is 7.75. The molecule has 0 saturated carbocycles. The summed E-state index contributed by atoms with van der Waals surface area (Å²) in [6.07, 6.45) is 1.82. The van der Waals surface area contributed by atoms with Crippen molar-refractivity contribution in [2.75, 3.05) is 13.7 Å². The highest BCUT2D eigenvalue weighted by Crippen LogP contribution is 2.34. The monoisotopic (exact) mass is 477 g/mol. The molecule has 0 atom stereocenters. The zero-order chi connectivity index (χ0) is 24.4. The Hall–Kier alpha value is -3.65. The average Bonchev–Trinajstić information content (AvgIpc) is 3.24. The number of ether oxygens (including phenoxy) is 1. The molecule has 34 heavy (non-hydrogen) atoms. The van der Waals surface area contributed by atoms with E-state index in [9.17, 15) is 14.0 Å². The third kappa shape index (κ3) is 4.54. The fourth-order valence-corrected chi connectivity index (χ4v) is 4.71. The zero-order valence-corrected chi connectivity index (χ0v) is 20.1. The maximum Gasteiger partial charge on any atom is 0.338 e. The third-order valence-corrected chi connectivity index (χ3v) is 6.52. The lowest BCUT2D eigenvalue weighted by Crippen LogP contribution is -2.23. The molecule has 4 rings (SSSR count). The van der Waals surface area contributed by atoms with E-state index in [1.165, 1.54) is 22.7 Å². The molecule has 0 N–H and O–H groups in total. The van der Waals surface area contributed by atoms with Crippen molar-refractivity contribution < 1.29 is 18.7 Å². The van der Waals surface area contributed by atoms with Crippen LogP contribution in [0, 0.1) is 19.7 Å².